The fourth-order valence-electron chi connectivity index (χ4n) is 1.12. The van der Waals surface area contributed by atoms with Crippen LogP contribution in [-0.2, 0) is 4.79 Å². The summed E-state index contributed by atoms with van der Waals surface area (Å²) in [6, 6.07) is -0.326. The highest BCUT2D eigenvalue weighted by Gasteiger charge is 2.32. The van der Waals surface area contributed by atoms with E-state index in [1.54, 1.807) is 13.8 Å². The molecule has 3 nitrogen and oxygen atoms in total. The van der Waals surface area contributed by atoms with E-state index in [4.69, 9.17) is 5.11 Å². The van der Waals surface area contributed by atoms with Crippen molar-refractivity contribution in [3.8, 4) is 0 Å². The van der Waals surface area contributed by atoms with Gasteiger partial charge < -0.3 is 5.11 Å². The minimum Gasteiger partial charge on any atom is -0.481 e. The van der Waals surface area contributed by atoms with Crippen LogP contribution in [0.4, 0.5) is 13.2 Å². The van der Waals surface area contributed by atoms with Gasteiger partial charge in [0.15, 0.2) is 0 Å². The van der Waals surface area contributed by atoms with Gasteiger partial charge in [0.25, 0.3) is 0 Å². The quantitative estimate of drug-likeness (QED) is 0.780. The lowest BCUT2D eigenvalue weighted by Crippen LogP contribution is -2.42. The molecule has 1 atom stereocenters. The molecule has 0 aliphatic rings. The molecule has 0 saturated heterocycles. The standard InChI is InChI=1S/C9H16F3NO2/c1-6(2)13(5-9(10,11)12)4-7(3)8(14)15/h6-7H,4-5H2,1-3H3,(H,14,15). The Bertz CT molecular complexity index is 216. The van der Waals surface area contributed by atoms with Crippen LogP contribution < -0.4 is 0 Å². The Kier molecular flexibility index (Phi) is 5.07. The van der Waals surface area contributed by atoms with E-state index in [0.717, 1.165) is 4.90 Å². The van der Waals surface area contributed by atoms with Crippen molar-refractivity contribution in [2.75, 3.05) is 13.1 Å². The first-order chi connectivity index (χ1) is 6.63. The summed E-state index contributed by atoms with van der Waals surface area (Å²) < 4.78 is 36.4. The molecule has 90 valence electrons. The Labute approximate surface area is 86.9 Å². The number of hydrogen-bond acceptors (Lipinski definition) is 2. The van der Waals surface area contributed by atoms with Crippen LogP contribution in [0, 0.1) is 5.92 Å². The van der Waals surface area contributed by atoms with Gasteiger partial charge in [-0.15, -0.1) is 0 Å². The van der Waals surface area contributed by atoms with Crippen LogP contribution in [0.3, 0.4) is 0 Å². The van der Waals surface area contributed by atoms with Crippen molar-refractivity contribution >= 4 is 5.97 Å². The molecule has 15 heavy (non-hydrogen) atoms. The lowest BCUT2D eigenvalue weighted by molar-refractivity contribution is -0.156. The molecular formula is C9H16F3NO2. The number of alkyl halides is 3. The van der Waals surface area contributed by atoms with Crippen molar-refractivity contribution in [3.05, 3.63) is 0 Å². The number of aliphatic carboxylic acids is 1. The summed E-state index contributed by atoms with van der Waals surface area (Å²) in [6.45, 7) is 3.46. The Morgan fingerprint density at radius 3 is 2.07 bits per heavy atom. The predicted molar refractivity (Wildman–Crippen MR) is 49.6 cm³/mol. The summed E-state index contributed by atoms with van der Waals surface area (Å²) in [5.41, 5.74) is 0. The van der Waals surface area contributed by atoms with Crippen molar-refractivity contribution in [3.63, 3.8) is 0 Å². The second-order valence-corrected chi connectivity index (χ2v) is 3.88. The molecule has 1 unspecified atom stereocenters. The monoisotopic (exact) mass is 227 g/mol. The molecule has 0 rings (SSSR count). The first kappa shape index (κ1) is 14.2. The first-order valence-corrected chi connectivity index (χ1v) is 4.67. The molecule has 0 saturated carbocycles. The third-order valence-electron chi connectivity index (χ3n) is 2.04. The number of carboxylic acid groups (broad SMARTS) is 1. The van der Waals surface area contributed by atoms with Gasteiger partial charge in [0.1, 0.15) is 0 Å². The number of rotatable bonds is 5. The minimum absolute atomic E-state index is 0.0908. The third-order valence-corrected chi connectivity index (χ3v) is 2.04. The van der Waals surface area contributed by atoms with E-state index in [-0.39, 0.29) is 12.6 Å². The van der Waals surface area contributed by atoms with Gasteiger partial charge >= 0.3 is 12.1 Å². The van der Waals surface area contributed by atoms with Crippen LogP contribution in [0.25, 0.3) is 0 Å². The average molecular weight is 227 g/mol. The summed E-state index contributed by atoms with van der Waals surface area (Å²) in [4.78, 5) is 11.6. The fraction of sp³-hybridized carbons (Fsp3) is 0.889. The van der Waals surface area contributed by atoms with Crippen molar-refractivity contribution in [2.45, 2.75) is 33.0 Å². The van der Waals surface area contributed by atoms with Gasteiger partial charge in [0.2, 0.25) is 0 Å². The zero-order valence-corrected chi connectivity index (χ0v) is 9.01. The molecule has 0 bridgehead atoms. The van der Waals surface area contributed by atoms with E-state index in [1.165, 1.54) is 6.92 Å². The van der Waals surface area contributed by atoms with E-state index >= 15 is 0 Å². The summed E-state index contributed by atoms with van der Waals surface area (Å²) in [6.07, 6.45) is -4.29. The fourth-order valence-corrected chi connectivity index (χ4v) is 1.12. The molecule has 0 radical (unpaired) electrons. The first-order valence-electron chi connectivity index (χ1n) is 4.67. The second-order valence-electron chi connectivity index (χ2n) is 3.88. The molecular weight excluding hydrogens is 211 g/mol. The number of nitrogens with zero attached hydrogens (tertiary/aromatic N) is 1. The van der Waals surface area contributed by atoms with Crippen LogP contribution >= 0.6 is 0 Å². The maximum Gasteiger partial charge on any atom is 0.401 e. The zero-order chi connectivity index (χ0) is 12.2. The molecule has 0 spiro atoms. The molecule has 0 aliphatic carbocycles. The Morgan fingerprint density at radius 1 is 1.33 bits per heavy atom. The highest BCUT2D eigenvalue weighted by molar-refractivity contribution is 5.69. The van der Waals surface area contributed by atoms with Gasteiger partial charge in [-0.05, 0) is 13.8 Å². The Morgan fingerprint density at radius 2 is 1.80 bits per heavy atom. The maximum absolute atomic E-state index is 12.1. The van der Waals surface area contributed by atoms with E-state index in [1.807, 2.05) is 0 Å². The van der Waals surface area contributed by atoms with Crippen molar-refractivity contribution in [2.24, 2.45) is 5.92 Å². The average Bonchev–Trinajstić information content (AvgIpc) is 1.99. The van der Waals surface area contributed by atoms with Crippen molar-refractivity contribution in [1.82, 2.24) is 4.90 Å². The highest BCUT2D eigenvalue weighted by atomic mass is 19.4. The SMILES string of the molecule is CC(CN(CC(F)(F)F)C(C)C)C(=O)O. The topological polar surface area (TPSA) is 40.5 Å². The lowest BCUT2D eigenvalue weighted by atomic mass is 10.1. The van der Waals surface area contributed by atoms with Crippen molar-refractivity contribution in [1.29, 1.82) is 0 Å². The zero-order valence-electron chi connectivity index (χ0n) is 9.01. The molecule has 0 aliphatic heterocycles. The normalized spacial score (nSPS) is 14.7. The maximum atomic E-state index is 12.1. The second kappa shape index (κ2) is 5.34. The summed E-state index contributed by atoms with van der Waals surface area (Å²) in [5.74, 6) is -1.88. The molecule has 0 heterocycles. The third kappa shape index (κ3) is 6.33. The lowest BCUT2D eigenvalue weighted by Gasteiger charge is -2.28. The van der Waals surface area contributed by atoms with E-state index in [9.17, 15) is 18.0 Å². The Hall–Kier alpha value is -0.780. The smallest absolute Gasteiger partial charge is 0.401 e. The van der Waals surface area contributed by atoms with Gasteiger partial charge in [0, 0.05) is 12.6 Å². The van der Waals surface area contributed by atoms with Gasteiger partial charge in [0.05, 0.1) is 12.5 Å². The van der Waals surface area contributed by atoms with E-state index < -0.39 is 24.6 Å². The van der Waals surface area contributed by atoms with Crippen LogP contribution in [-0.4, -0.2) is 41.3 Å². The molecule has 0 aromatic carbocycles. The van der Waals surface area contributed by atoms with Crippen LogP contribution in [0.5, 0.6) is 0 Å². The largest absolute Gasteiger partial charge is 0.481 e. The van der Waals surface area contributed by atoms with Crippen LogP contribution in [0.1, 0.15) is 20.8 Å². The molecule has 1 N–H and O–H groups in total. The number of carbonyl (C=O) groups is 1. The van der Waals surface area contributed by atoms with Crippen LogP contribution in [0.15, 0.2) is 0 Å². The van der Waals surface area contributed by atoms with Gasteiger partial charge in [-0.1, -0.05) is 6.92 Å². The number of halogens is 3. The van der Waals surface area contributed by atoms with Gasteiger partial charge in [-0.3, -0.25) is 9.69 Å². The molecule has 0 aromatic rings. The molecule has 0 aromatic heterocycles. The molecule has 0 fully saturated rings. The highest BCUT2D eigenvalue weighted by Crippen LogP contribution is 2.18. The molecule has 0 amide bonds. The van der Waals surface area contributed by atoms with Crippen LogP contribution in [0.2, 0.25) is 0 Å². The van der Waals surface area contributed by atoms with Crippen molar-refractivity contribution < 1.29 is 23.1 Å². The Balaban J connectivity index is 4.35. The minimum atomic E-state index is -4.29. The summed E-state index contributed by atoms with van der Waals surface area (Å²) >= 11 is 0. The summed E-state index contributed by atoms with van der Waals surface area (Å²) in [5, 5.41) is 8.60. The summed E-state index contributed by atoms with van der Waals surface area (Å²) in [7, 11) is 0. The van der Waals surface area contributed by atoms with E-state index in [2.05, 4.69) is 0 Å². The van der Waals surface area contributed by atoms with Gasteiger partial charge in [-0.2, -0.15) is 13.2 Å². The predicted octanol–water partition coefficient (Wildman–Crippen LogP) is 1.98. The number of hydrogen-bond donors (Lipinski definition) is 1. The van der Waals surface area contributed by atoms with Gasteiger partial charge in [-0.25, -0.2) is 0 Å². The number of carboxylic acids is 1. The van der Waals surface area contributed by atoms with E-state index in [0.29, 0.717) is 0 Å². The molecule has 6 heteroatoms.